The van der Waals surface area contributed by atoms with Crippen LogP contribution in [0, 0.1) is 12.8 Å². The predicted molar refractivity (Wildman–Crippen MR) is 131 cm³/mol. The Labute approximate surface area is 193 Å². The summed E-state index contributed by atoms with van der Waals surface area (Å²) in [5, 5.41) is 1.42. The van der Waals surface area contributed by atoms with Crippen molar-refractivity contribution in [1.29, 1.82) is 0 Å². The van der Waals surface area contributed by atoms with E-state index in [9.17, 15) is 9.59 Å². The zero-order valence-corrected chi connectivity index (χ0v) is 19.8. The Morgan fingerprint density at radius 3 is 3.00 bits per heavy atom. The number of rotatable bonds is 5. The maximum absolute atomic E-state index is 13.4. The molecule has 4 heterocycles. The first-order valence-corrected chi connectivity index (χ1v) is 12.5. The van der Waals surface area contributed by atoms with E-state index in [1.165, 1.54) is 22.2 Å². The van der Waals surface area contributed by atoms with Crippen molar-refractivity contribution in [1.82, 2.24) is 18.9 Å². The number of pyridine rings is 1. The van der Waals surface area contributed by atoms with Crippen LogP contribution in [0.15, 0.2) is 51.8 Å². The summed E-state index contributed by atoms with van der Waals surface area (Å²) in [6, 6.07) is 5.34. The molecule has 0 saturated carbocycles. The lowest BCUT2D eigenvalue weighted by Crippen LogP contribution is -2.23. The lowest BCUT2D eigenvalue weighted by Gasteiger charge is -2.17. The smallest absolute Gasteiger partial charge is 0.263 e. The first kappa shape index (κ1) is 21.2. The summed E-state index contributed by atoms with van der Waals surface area (Å²) in [5.41, 5.74) is 3.36. The second kappa shape index (κ2) is 8.33. The molecule has 0 aliphatic heterocycles. The number of nitrogens with zero attached hydrogens (tertiary/aromatic N) is 4. The third-order valence-electron chi connectivity index (χ3n) is 5.98. The van der Waals surface area contributed by atoms with Crippen molar-refractivity contribution < 1.29 is 0 Å². The van der Waals surface area contributed by atoms with Gasteiger partial charge in [-0.15, -0.1) is 17.9 Å². The summed E-state index contributed by atoms with van der Waals surface area (Å²) in [6.07, 6.45) is 6.52. The summed E-state index contributed by atoms with van der Waals surface area (Å²) in [5.74, 6) is 1.10. The molecule has 1 atom stereocenters. The molecule has 0 N–H and O–H groups in total. The summed E-state index contributed by atoms with van der Waals surface area (Å²) < 4.78 is 3.25. The Bertz CT molecular complexity index is 1480. The van der Waals surface area contributed by atoms with Gasteiger partial charge in [-0.25, -0.2) is 9.97 Å². The third kappa shape index (κ3) is 3.61. The monoisotopic (exact) mass is 464 g/mol. The molecule has 1 aliphatic carbocycles. The number of hydrogen-bond donors (Lipinski definition) is 0. The van der Waals surface area contributed by atoms with E-state index in [1.807, 2.05) is 19.1 Å². The van der Waals surface area contributed by atoms with Crippen molar-refractivity contribution in [3.05, 3.63) is 79.5 Å². The molecule has 1 unspecified atom stereocenters. The van der Waals surface area contributed by atoms with Crippen molar-refractivity contribution in [2.24, 2.45) is 5.92 Å². The molecule has 0 bridgehead atoms. The van der Waals surface area contributed by atoms with Gasteiger partial charge in [-0.2, -0.15) is 0 Å². The van der Waals surface area contributed by atoms with Gasteiger partial charge in [0.25, 0.3) is 11.1 Å². The molecule has 0 saturated heterocycles. The molecule has 1 aliphatic rings. The second-order valence-corrected chi connectivity index (χ2v) is 10.4. The van der Waals surface area contributed by atoms with Crippen LogP contribution in [0.25, 0.3) is 15.9 Å². The van der Waals surface area contributed by atoms with E-state index in [0.29, 0.717) is 34.7 Å². The lowest BCUT2D eigenvalue weighted by molar-refractivity contribution is 0.509. The SMILES string of the molecule is C=CCn1c(SCc2cc(=O)n3cccc(C)c3n2)nc2sc3c(c2c1=O)CCC(C)C3. The fourth-order valence-corrected chi connectivity index (χ4v) is 6.65. The minimum absolute atomic E-state index is 0.00633. The normalized spacial score (nSPS) is 15.9. The highest BCUT2D eigenvalue weighted by Crippen LogP contribution is 2.36. The van der Waals surface area contributed by atoms with Crippen LogP contribution in [0.4, 0.5) is 0 Å². The quantitative estimate of drug-likeness (QED) is 0.249. The molecule has 8 heteroatoms. The van der Waals surface area contributed by atoms with Gasteiger partial charge in [-0.3, -0.25) is 18.6 Å². The Balaban J connectivity index is 1.55. The average Bonchev–Trinajstić information content (AvgIpc) is 3.12. The zero-order chi connectivity index (χ0) is 22.4. The van der Waals surface area contributed by atoms with Crippen LogP contribution >= 0.6 is 23.1 Å². The van der Waals surface area contributed by atoms with Gasteiger partial charge in [-0.05, 0) is 49.3 Å². The van der Waals surface area contributed by atoms with E-state index in [1.54, 1.807) is 38.6 Å². The highest BCUT2D eigenvalue weighted by Gasteiger charge is 2.24. The number of thioether (sulfide) groups is 1. The Morgan fingerprint density at radius 1 is 1.34 bits per heavy atom. The van der Waals surface area contributed by atoms with E-state index < -0.39 is 0 Å². The van der Waals surface area contributed by atoms with Crippen LogP contribution < -0.4 is 11.1 Å². The molecule has 0 spiro atoms. The first-order chi connectivity index (χ1) is 15.5. The third-order valence-corrected chi connectivity index (χ3v) is 8.14. The van der Waals surface area contributed by atoms with Gasteiger partial charge in [0, 0.05) is 29.4 Å². The van der Waals surface area contributed by atoms with Crippen LogP contribution in [0.2, 0.25) is 0 Å². The van der Waals surface area contributed by atoms with Gasteiger partial charge >= 0.3 is 0 Å². The van der Waals surface area contributed by atoms with E-state index >= 15 is 0 Å². The summed E-state index contributed by atoms with van der Waals surface area (Å²) in [7, 11) is 0. The highest BCUT2D eigenvalue weighted by molar-refractivity contribution is 7.98. The molecule has 0 amide bonds. The highest BCUT2D eigenvalue weighted by atomic mass is 32.2. The number of fused-ring (bicyclic) bond motifs is 4. The van der Waals surface area contributed by atoms with Crippen LogP contribution in [0.3, 0.4) is 0 Å². The average molecular weight is 465 g/mol. The van der Waals surface area contributed by atoms with E-state index in [2.05, 4.69) is 18.5 Å². The zero-order valence-electron chi connectivity index (χ0n) is 18.1. The fourth-order valence-electron chi connectivity index (χ4n) is 4.33. The van der Waals surface area contributed by atoms with Crippen LogP contribution in [-0.4, -0.2) is 18.9 Å². The topological polar surface area (TPSA) is 69.3 Å². The summed E-state index contributed by atoms with van der Waals surface area (Å²) in [6.45, 7) is 8.43. The maximum Gasteiger partial charge on any atom is 0.263 e. The molecule has 0 fully saturated rings. The minimum atomic E-state index is -0.110. The molecule has 5 rings (SSSR count). The summed E-state index contributed by atoms with van der Waals surface area (Å²) in [4.78, 5) is 37.7. The Morgan fingerprint density at radius 2 is 2.19 bits per heavy atom. The van der Waals surface area contributed by atoms with Crippen LogP contribution in [0.5, 0.6) is 0 Å². The van der Waals surface area contributed by atoms with Gasteiger partial charge in [-0.1, -0.05) is 30.8 Å². The Hall–Kier alpha value is -2.71. The molecule has 4 aromatic rings. The van der Waals surface area contributed by atoms with Crippen molar-refractivity contribution in [2.75, 3.05) is 0 Å². The fraction of sp³-hybridized carbons (Fsp3) is 0.333. The largest absolute Gasteiger partial charge is 0.283 e. The van der Waals surface area contributed by atoms with Crippen molar-refractivity contribution in [2.45, 2.75) is 50.6 Å². The standard InChI is InChI=1S/C24H24N4O2S2/c1-4-9-28-23(30)20-17-8-7-14(2)11-18(17)32-22(20)26-24(28)31-13-16-12-19(29)27-10-5-6-15(3)21(27)25-16/h4-6,10,12,14H,1,7-9,11,13H2,2-3H3. The molecule has 164 valence electrons. The van der Waals surface area contributed by atoms with Gasteiger partial charge in [0.2, 0.25) is 0 Å². The van der Waals surface area contributed by atoms with Crippen molar-refractivity contribution >= 4 is 39.0 Å². The molecular formula is C24H24N4O2S2. The maximum atomic E-state index is 13.4. The van der Waals surface area contributed by atoms with Crippen molar-refractivity contribution in [3.63, 3.8) is 0 Å². The Kier molecular flexibility index (Phi) is 5.51. The number of aryl methyl sites for hydroxylation is 2. The minimum Gasteiger partial charge on any atom is -0.283 e. The molecule has 32 heavy (non-hydrogen) atoms. The van der Waals surface area contributed by atoms with E-state index in [0.717, 1.165) is 35.0 Å². The molecule has 0 aromatic carbocycles. The molecule has 4 aromatic heterocycles. The lowest BCUT2D eigenvalue weighted by atomic mass is 9.89. The number of hydrogen-bond acceptors (Lipinski definition) is 6. The van der Waals surface area contributed by atoms with Crippen molar-refractivity contribution in [3.8, 4) is 0 Å². The number of thiophene rings is 1. The molecule has 6 nitrogen and oxygen atoms in total. The van der Waals surface area contributed by atoms with Crippen LogP contribution in [0.1, 0.15) is 35.0 Å². The summed E-state index contributed by atoms with van der Waals surface area (Å²) >= 11 is 3.09. The predicted octanol–water partition coefficient (Wildman–Crippen LogP) is 4.38. The van der Waals surface area contributed by atoms with E-state index in [-0.39, 0.29) is 11.1 Å². The number of allylic oxidation sites excluding steroid dienone is 1. The van der Waals surface area contributed by atoms with E-state index in [4.69, 9.17) is 4.98 Å². The second-order valence-electron chi connectivity index (χ2n) is 8.39. The van der Waals surface area contributed by atoms with Gasteiger partial charge in [0.1, 0.15) is 10.5 Å². The first-order valence-electron chi connectivity index (χ1n) is 10.7. The van der Waals surface area contributed by atoms with Crippen LogP contribution in [-0.2, 0) is 25.1 Å². The number of aromatic nitrogens is 4. The van der Waals surface area contributed by atoms with Gasteiger partial charge < -0.3 is 0 Å². The molecule has 0 radical (unpaired) electrons. The molecular weight excluding hydrogens is 440 g/mol. The van der Waals surface area contributed by atoms with Gasteiger partial charge in [0.15, 0.2) is 5.16 Å². The van der Waals surface area contributed by atoms with Gasteiger partial charge in [0.05, 0.1) is 11.1 Å².